The van der Waals surface area contributed by atoms with Gasteiger partial charge in [-0.25, -0.2) is 4.79 Å². The van der Waals surface area contributed by atoms with Crippen LogP contribution >= 0.6 is 11.6 Å². The Morgan fingerprint density at radius 2 is 2.07 bits per heavy atom. The van der Waals surface area contributed by atoms with Crippen LogP contribution in [-0.4, -0.2) is 37.0 Å². The van der Waals surface area contributed by atoms with Crippen LogP contribution in [0, 0.1) is 0 Å². The number of halogens is 1. The molecule has 3 N–H and O–H groups in total. The van der Waals surface area contributed by atoms with E-state index in [4.69, 9.17) is 25.8 Å². The van der Waals surface area contributed by atoms with Crippen molar-refractivity contribution in [2.75, 3.05) is 32.3 Å². The summed E-state index contributed by atoms with van der Waals surface area (Å²) in [6.45, 7) is 1.99. The molecule has 0 amide bonds. The highest BCUT2D eigenvalue weighted by molar-refractivity contribution is 6.34. The van der Waals surface area contributed by atoms with Crippen molar-refractivity contribution in [1.29, 1.82) is 0 Å². The molecule has 2 aromatic carbocycles. The minimum Gasteiger partial charge on any atom is -0.497 e. The van der Waals surface area contributed by atoms with Crippen LogP contribution in [0.5, 0.6) is 17.2 Å². The Morgan fingerprint density at radius 1 is 1.23 bits per heavy atom. The number of piperidine rings is 1. The van der Waals surface area contributed by atoms with Gasteiger partial charge in [-0.1, -0.05) is 11.6 Å². The number of hydrogen-bond acceptors (Lipinski definition) is 7. The molecule has 3 aromatic rings. The molecule has 9 heteroatoms. The van der Waals surface area contributed by atoms with E-state index in [0.717, 1.165) is 36.9 Å². The van der Waals surface area contributed by atoms with E-state index in [-0.39, 0.29) is 6.79 Å². The van der Waals surface area contributed by atoms with Crippen LogP contribution in [0.1, 0.15) is 24.3 Å². The number of hydrogen-bond donors (Lipinski definition) is 3. The van der Waals surface area contributed by atoms with Crippen molar-refractivity contribution in [3.05, 3.63) is 45.3 Å². The molecular weight excluding hydrogens is 408 g/mol. The Balaban J connectivity index is 1.71. The Morgan fingerprint density at radius 3 is 2.87 bits per heavy atom. The zero-order valence-corrected chi connectivity index (χ0v) is 17.1. The molecule has 0 spiro atoms. The van der Waals surface area contributed by atoms with Gasteiger partial charge in [0.05, 0.1) is 17.6 Å². The molecule has 156 valence electrons. The molecule has 1 fully saturated rings. The van der Waals surface area contributed by atoms with Gasteiger partial charge in [0.2, 0.25) is 6.79 Å². The molecule has 5 rings (SSSR count). The first-order valence-corrected chi connectivity index (χ1v) is 10.2. The van der Waals surface area contributed by atoms with E-state index in [1.807, 2.05) is 12.1 Å². The quantitative estimate of drug-likeness (QED) is 0.584. The van der Waals surface area contributed by atoms with Crippen LogP contribution < -0.4 is 30.5 Å². The maximum Gasteiger partial charge on any atom is 0.347 e. The number of methoxy groups -OCH3 is 1. The van der Waals surface area contributed by atoms with Crippen molar-refractivity contribution in [3.63, 3.8) is 0 Å². The molecule has 1 aromatic heterocycles. The monoisotopic (exact) mass is 428 g/mol. The van der Waals surface area contributed by atoms with Gasteiger partial charge < -0.3 is 29.8 Å². The van der Waals surface area contributed by atoms with Crippen molar-refractivity contribution < 1.29 is 14.2 Å². The van der Waals surface area contributed by atoms with Crippen LogP contribution in [0.25, 0.3) is 10.9 Å². The third-order valence-electron chi connectivity index (χ3n) is 5.58. The third-order valence-corrected chi connectivity index (χ3v) is 5.90. The molecule has 8 nitrogen and oxygen atoms in total. The van der Waals surface area contributed by atoms with Gasteiger partial charge in [0.1, 0.15) is 17.3 Å². The molecule has 30 heavy (non-hydrogen) atoms. The predicted molar refractivity (Wildman–Crippen MR) is 115 cm³/mol. The van der Waals surface area contributed by atoms with Gasteiger partial charge in [0.15, 0.2) is 11.5 Å². The summed E-state index contributed by atoms with van der Waals surface area (Å²) in [5.41, 5.74) is 1.80. The molecule has 3 heterocycles. The second-order valence-electron chi connectivity index (χ2n) is 7.34. The van der Waals surface area contributed by atoms with E-state index in [1.165, 1.54) is 0 Å². The maximum atomic E-state index is 12.4. The van der Waals surface area contributed by atoms with Gasteiger partial charge in [0, 0.05) is 11.5 Å². The summed E-state index contributed by atoms with van der Waals surface area (Å²) in [4.78, 5) is 19.4. The number of nitrogens with zero attached hydrogens (tertiary/aromatic N) is 1. The summed E-state index contributed by atoms with van der Waals surface area (Å²) < 4.78 is 16.6. The molecule has 0 saturated carbocycles. The summed E-state index contributed by atoms with van der Waals surface area (Å²) in [5.74, 6) is 2.54. The van der Waals surface area contributed by atoms with Crippen molar-refractivity contribution >= 4 is 34.0 Å². The zero-order chi connectivity index (χ0) is 20.7. The number of benzene rings is 2. The molecular formula is C21H21ClN4O4. The van der Waals surface area contributed by atoms with E-state index < -0.39 is 5.69 Å². The normalized spacial score (nSPS) is 16.1. The number of rotatable bonds is 4. The maximum absolute atomic E-state index is 12.4. The second-order valence-corrected chi connectivity index (χ2v) is 7.74. The Labute approximate surface area is 177 Å². The molecule has 1 saturated heterocycles. The Hall–Kier alpha value is -2.97. The molecule has 0 radical (unpaired) electrons. The zero-order valence-electron chi connectivity index (χ0n) is 16.4. The summed E-state index contributed by atoms with van der Waals surface area (Å²) in [6, 6.07) is 7.32. The van der Waals surface area contributed by atoms with E-state index in [1.54, 1.807) is 19.2 Å². The number of aromatic nitrogens is 2. The summed E-state index contributed by atoms with van der Waals surface area (Å²) in [6.07, 6.45) is 1.97. The SMILES string of the molecule is COc1cc(C2CCNCC2)c2c(Nc3c(Cl)ccc4c3OCO4)nc(=O)[nH]c2c1. The number of fused-ring (bicyclic) bond motifs is 2. The fraction of sp³-hybridized carbons (Fsp3) is 0.333. The molecule has 0 bridgehead atoms. The number of anilines is 2. The number of aromatic amines is 1. The van der Waals surface area contributed by atoms with Crippen molar-refractivity contribution in [2.45, 2.75) is 18.8 Å². The first-order valence-electron chi connectivity index (χ1n) is 9.82. The lowest BCUT2D eigenvalue weighted by Gasteiger charge is -2.25. The molecule has 2 aliphatic rings. The highest BCUT2D eigenvalue weighted by atomic mass is 35.5. The Bertz CT molecular complexity index is 1170. The predicted octanol–water partition coefficient (Wildman–Crippen LogP) is 3.52. The first-order chi connectivity index (χ1) is 14.6. The first kappa shape index (κ1) is 19.0. The van der Waals surface area contributed by atoms with Gasteiger partial charge in [-0.2, -0.15) is 4.98 Å². The molecule has 2 aliphatic heterocycles. The minimum atomic E-state index is -0.463. The van der Waals surface area contributed by atoms with Crippen LogP contribution in [0.4, 0.5) is 11.5 Å². The van der Waals surface area contributed by atoms with Gasteiger partial charge in [-0.3, -0.25) is 0 Å². The number of nitrogens with one attached hydrogen (secondary N) is 3. The largest absolute Gasteiger partial charge is 0.497 e. The Kier molecular flexibility index (Phi) is 4.88. The lowest BCUT2D eigenvalue weighted by molar-refractivity contribution is 0.174. The van der Waals surface area contributed by atoms with Gasteiger partial charge in [0.25, 0.3) is 0 Å². The van der Waals surface area contributed by atoms with E-state index in [9.17, 15) is 4.79 Å². The van der Waals surface area contributed by atoms with Crippen molar-refractivity contribution in [3.8, 4) is 17.2 Å². The van der Waals surface area contributed by atoms with Crippen LogP contribution in [0.2, 0.25) is 5.02 Å². The fourth-order valence-corrected chi connectivity index (χ4v) is 4.34. The smallest absolute Gasteiger partial charge is 0.347 e. The minimum absolute atomic E-state index is 0.116. The average molecular weight is 429 g/mol. The lowest BCUT2D eigenvalue weighted by atomic mass is 9.87. The van der Waals surface area contributed by atoms with Gasteiger partial charge >= 0.3 is 5.69 Å². The highest BCUT2D eigenvalue weighted by Crippen LogP contribution is 2.46. The van der Waals surface area contributed by atoms with Crippen LogP contribution in [0.15, 0.2) is 29.1 Å². The molecule has 0 aliphatic carbocycles. The second kappa shape index (κ2) is 7.70. The average Bonchev–Trinajstić information content (AvgIpc) is 3.24. The lowest BCUT2D eigenvalue weighted by Crippen LogP contribution is -2.27. The summed E-state index contributed by atoms with van der Waals surface area (Å²) in [5, 5.41) is 7.93. The topological polar surface area (TPSA) is 97.5 Å². The van der Waals surface area contributed by atoms with E-state index in [2.05, 4.69) is 20.6 Å². The van der Waals surface area contributed by atoms with Crippen molar-refractivity contribution in [2.24, 2.45) is 0 Å². The third kappa shape index (κ3) is 3.32. The molecule has 0 atom stereocenters. The standard InChI is InChI=1S/C21H21ClN4O4/c1-28-12-8-13(11-4-6-23-7-5-11)17-15(9-12)24-21(27)26-20(17)25-18-14(22)2-3-16-19(18)30-10-29-16/h2-3,8-9,11,23H,4-7,10H2,1H3,(H2,24,25,26,27). The van der Waals surface area contributed by atoms with Crippen molar-refractivity contribution in [1.82, 2.24) is 15.3 Å². The highest BCUT2D eigenvalue weighted by Gasteiger charge is 2.25. The summed E-state index contributed by atoms with van der Waals surface area (Å²) in [7, 11) is 1.62. The van der Waals surface area contributed by atoms with Crippen LogP contribution in [-0.2, 0) is 0 Å². The van der Waals surface area contributed by atoms with E-state index >= 15 is 0 Å². The van der Waals surface area contributed by atoms with Crippen LogP contribution in [0.3, 0.4) is 0 Å². The summed E-state index contributed by atoms with van der Waals surface area (Å²) >= 11 is 6.44. The van der Waals surface area contributed by atoms with Gasteiger partial charge in [-0.05, 0) is 55.6 Å². The number of ether oxygens (including phenoxy) is 3. The van der Waals surface area contributed by atoms with Gasteiger partial charge in [-0.15, -0.1) is 0 Å². The van der Waals surface area contributed by atoms with E-state index in [0.29, 0.717) is 45.2 Å². The molecule has 0 unspecified atom stereocenters. The fourth-order valence-electron chi connectivity index (χ4n) is 4.15. The number of H-pyrrole nitrogens is 1.